The summed E-state index contributed by atoms with van der Waals surface area (Å²) in [6, 6.07) is 7.48. The Balaban J connectivity index is 2.00. The molecule has 0 bridgehead atoms. The Morgan fingerprint density at radius 3 is 2.35 bits per heavy atom. The molecule has 1 aliphatic heterocycles. The highest BCUT2D eigenvalue weighted by Gasteiger charge is 2.46. The number of benzene rings is 2. The number of alkyl halides is 6. The fraction of sp³-hybridized carbons (Fsp3) is 0.333. The molecule has 200 valence electrons. The predicted octanol–water partition coefficient (Wildman–Crippen LogP) is 5.33. The van der Waals surface area contributed by atoms with Crippen molar-refractivity contribution in [2.45, 2.75) is 22.1 Å². The molecule has 0 aromatic heterocycles. The summed E-state index contributed by atoms with van der Waals surface area (Å²) in [5.41, 5.74) is -4.30. The van der Waals surface area contributed by atoms with Crippen LogP contribution in [-0.4, -0.2) is 56.7 Å². The topological polar surface area (TPSA) is 67.9 Å². The van der Waals surface area contributed by atoms with Crippen molar-refractivity contribution in [2.75, 3.05) is 45.3 Å². The highest BCUT2D eigenvalue weighted by atomic mass is 32.2. The van der Waals surface area contributed by atoms with E-state index in [1.165, 1.54) is 36.3 Å². The number of carbonyl (C=O) groups is 2. The molecule has 1 aliphatic rings. The normalized spacial score (nSPS) is 14.7. The molecule has 13 heteroatoms. The van der Waals surface area contributed by atoms with Gasteiger partial charge in [-0.1, -0.05) is 23.9 Å². The highest BCUT2D eigenvalue weighted by Crippen LogP contribution is 2.48. The maximum absolute atomic E-state index is 14.1. The Bertz CT molecular complexity index is 1160. The van der Waals surface area contributed by atoms with E-state index in [9.17, 15) is 35.9 Å². The van der Waals surface area contributed by atoms with Gasteiger partial charge >= 0.3 is 12.4 Å². The number of methoxy groups -OCH3 is 1. The van der Waals surface area contributed by atoms with Crippen LogP contribution < -0.4 is 5.32 Å². The molecule has 6 nitrogen and oxygen atoms in total. The molecule has 1 fully saturated rings. The van der Waals surface area contributed by atoms with E-state index in [1.54, 1.807) is 0 Å². The second-order valence-corrected chi connectivity index (χ2v) is 8.90. The van der Waals surface area contributed by atoms with Crippen molar-refractivity contribution in [3.8, 4) is 0 Å². The minimum atomic E-state index is -5.36. The highest BCUT2D eigenvalue weighted by molar-refractivity contribution is 7.99. The maximum atomic E-state index is 14.1. The van der Waals surface area contributed by atoms with Gasteiger partial charge in [0, 0.05) is 41.8 Å². The van der Waals surface area contributed by atoms with E-state index in [0.717, 1.165) is 24.3 Å². The second kappa shape index (κ2) is 12.0. The van der Waals surface area contributed by atoms with Gasteiger partial charge in [-0.15, -0.1) is 0 Å². The van der Waals surface area contributed by atoms with Gasteiger partial charge < -0.3 is 19.7 Å². The Labute approximate surface area is 212 Å². The molecular weight excluding hydrogens is 526 g/mol. The van der Waals surface area contributed by atoms with E-state index < -0.39 is 45.8 Å². The van der Waals surface area contributed by atoms with Gasteiger partial charge in [-0.05, 0) is 35.9 Å². The number of hydrogen-bond donors (Lipinski definition) is 1. The van der Waals surface area contributed by atoms with Crippen LogP contribution in [0.3, 0.4) is 0 Å². The number of carbonyl (C=O) groups excluding carboxylic acids is 2. The maximum Gasteiger partial charge on any atom is 0.418 e. The van der Waals surface area contributed by atoms with E-state index in [-0.39, 0.29) is 43.5 Å². The van der Waals surface area contributed by atoms with Crippen molar-refractivity contribution < 1.29 is 45.4 Å². The van der Waals surface area contributed by atoms with Crippen molar-refractivity contribution in [1.82, 2.24) is 4.90 Å². The number of anilines is 1. The summed E-state index contributed by atoms with van der Waals surface area (Å²) in [6.45, 7) is 0.713. The Morgan fingerprint density at radius 1 is 1.05 bits per heavy atom. The van der Waals surface area contributed by atoms with Crippen molar-refractivity contribution in [3.63, 3.8) is 0 Å². The molecule has 0 unspecified atom stereocenters. The lowest BCUT2D eigenvalue weighted by Crippen LogP contribution is -2.39. The predicted molar refractivity (Wildman–Crippen MR) is 124 cm³/mol. The first-order valence-corrected chi connectivity index (χ1v) is 11.6. The van der Waals surface area contributed by atoms with E-state index in [4.69, 9.17) is 9.47 Å². The smallest absolute Gasteiger partial charge is 0.378 e. The van der Waals surface area contributed by atoms with Crippen LogP contribution in [-0.2, 0) is 31.4 Å². The SMILES string of the molecule is COCC(=O)Nc1cccc(Sc2ccc(C=CC(=O)N3CCOCC3)c(C(F)(F)F)c2C(F)(F)F)c1. The van der Waals surface area contributed by atoms with Crippen LogP contribution in [0.1, 0.15) is 16.7 Å². The first-order chi connectivity index (χ1) is 17.4. The average molecular weight is 549 g/mol. The number of morpholine rings is 1. The van der Waals surface area contributed by atoms with Crippen LogP contribution in [0.15, 0.2) is 52.3 Å². The zero-order chi connectivity index (χ0) is 27.2. The number of halogens is 6. The van der Waals surface area contributed by atoms with Crippen molar-refractivity contribution in [1.29, 1.82) is 0 Å². The fourth-order valence-corrected chi connectivity index (χ4v) is 4.60. The lowest BCUT2D eigenvalue weighted by Gasteiger charge is -2.25. The summed E-state index contributed by atoms with van der Waals surface area (Å²) in [7, 11) is 1.31. The third-order valence-corrected chi connectivity index (χ3v) is 6.17. The largest absolute Gasteiger partial charge is 0.418 e. The molecule has 2 aromatic carbocycles. The quantitative estimate of drug-likeness (QED) is 0.374. The number of nitrogens with zero attached hydrogens (tertiary/aromatic N) is 1. The molecule has 1 saturated heterocycles. The number of rotatable bonds is 7. The van der Waals surface area contributed by atoms with Crippen LogP contribution in [0.2, 0.25) is 0 Å². The minimum absolute atomic E-state index is 0.166. The molecule has 0 aliphatic carbocycles. The van der Waals surface area contributed by atoms with Gasteiger partial charge in [0.25, 0.3) is 0 Å². The zero-order valence-electron chi connectivity index (χ0n) is 19.4. The summed E-state index contributed by atoms with van der Waals surface area (Å²) in [4.78, 5) is 24.8. The Hall–Kier alpha value is -3.03. The molecule has 3 rings (SSSR count). The Kier molecular flexibility index (Phi) is 9.26. The van der Waals surface area contributed by atoms with Crippen LogP contribution >= 0.6 is 11.8 Å². The van der Waals surface area contributed by atoms with Gasteiger partial charge in [0.05, 0.1) is 24.3 Å². The molecule has 0 spiro atoms. The van der Waals surface area contributed by atoms with Gasteiger partial charge in [-0.25, -0.2) is 0 Å². The number of ether oxygens (including phenoxy) is 2. The monoisotopic (exact) mass is 548 g/mol. The lowest BCUT2D eigenvalue weighted by molar-refractivity contribution is -0.163. The van der Waals surface area contributed by atoms with Crippen LogP contribution in [0.25, 0.3) is 6.08 Å². The summed E-state index contributed by atoms with van der Waals surface area (Å²) < 4.78 is 94.0. The van der Waals surface area contributed by atoms with Crippen molar-refractivity contribution >= 4 is 35.3 Å². The average Bonchev–Trinajstić information content (AvgIpc) is 2.82. The third-order valence-electron chi connectivity index (χ3n) is 5.12. The number of amides is 2. The Morgan fingerprint density at radius 2 is 1.73 bits per heavy atom. The molecule has 0 saturated carbocycles. The van der Waals surface area contributed by atoms with Crippen LogP contribution in [0.5, 0.6) is 0 Å². The molecule has 1 N–H and O–H groups in total. The van der Waals surface area contributed by atoms with Gasteiger partial charge in [0.15, 0.2) is 0 Å². The fourth-order valence-electron chi connectivity index (χ4n) is 3.55. The van der Waals surface area contributed by atoms with E-state index in [2.05, 4.69) is 5.32 Å². The first kappa shape index (κ1) is 28.5. The number of hydrogen-bond acceptors (Lipinski definition) is 5. The molecule has 37 heavy (non-hydrogen) atoms. The van der Waals surface area contributed by atoms with E-state index in [1.807, 2.05) is 0 Å². The summed E-state index contributed by atoms with van der Waals surface area (Å²) in [6.07, 6.45) is -9.14. The van der Waals surface area contributed by atoms with Crippen molar-refractivity contribution in [2.24, 2.45) is 0 Å². The molecule has 0 atom stereocenters. The standard InChI is InChI=1S/C24H22F6N2O4S/c1-35-14-19(33)31-16-3-2-4-17(13-16)37-18-7-5-15(6-8-20(34)32-9-11-36-12-10-32)21(23(25,26)27)22(18)24(28,29)30/h2-8,13H,9-12,14H2,1H3,(H,31,33). The number of nitrogens with one attached hydrogen (secondary N) is 1. The van der Waals surface area contributed by atoms with Gasteiger partial charge in [-0.3, -0.25) is 9.59 Å². The molecular formula is C24H22F6N2O4S. The summed E-state index contributed by atoms with van der Waals surface area (Å²) in [5, 5.41) is 2.48. The minimum Gasteiger partial charge on any atom is -0.378 e. The van der Waals surface area contributed by atoms with Gasteiger partial charge in [-0.2, -0.15) is 26.3 Å². The van der Waals surface area contributed by atoms with Gasteiger partial charge in [0.2, 0.25) is 11.8 Å². The zero-order valence-corrected chi connectivity index (χ0v) is 20.2. The second-order valence-electron chi connectivity index (χ2n) is 7.78. The van der Waals surface area contributed by atoms with Crippen LogP contribution in [0.4, 0.5) is 32.0 Å². The van der Waals surface area contributed by atoms with Crippen molar-refractivity contribution in [3.05, 3.63) is 59.2 Å². The summed E-state index contributed by atoms with van der Waals surface area (Å²) in [5.74, 6) is -1.14. The summed E-state index contributed by atoms with van der Waals surface area (Å²) >= 11 is 0.466. The van der Waals surface area contributed by atoms with Gasteiger partial charge in [0.1, 0.15) is 6.61 Å². The molecule has 2 aromatic rings. The molecule has 0 radical (unpaired) electrons. The first-order valence-electron chi connectivity index (χ1n) is 10.8. The molecule has 1 heterocycles. The van der Waals surface area contributed by atoms with E-state index in [0.29, 0.717) is 11.8 Å². The third kappa shape index (κ3) is 7.73. The van der Waals surface area contributed by atoms with Crippen LogP contribution in [0, 0.1) is 0 Å². The van der Waals surface area contributed by atoms with E-state index >= 15 is 0 Å². The molecule has 2 amide bonds. The lowest BCUT2D eigenvalue weighted by atomic mass is 9.99.